The predicted molar refractivity (Wildman–Crippen MR) is 70.8 cm³/mol. The first-order valence-corrected chi connectivity index (χ1v) is 5.25. The third-order valence-corrected chi connectivity index (χ3v) is 0.354. The zero-order chi connectivity index (χ0) is 12.8. The molecule has 0 spiro atoms. The number of hydrogen-bond donors (Lipinski definition) is 4. The maximum atomic E-state index is 4.85. The Balaban J connectivity index is -0.0000000249. The average molecular weight is 210 g/mol. The van der Waals surface area contributed by atoms with E-state index in [-0.39, 0.29) is 0 Å². The largest absolute Gasteiger partial charge is 0.333 e. The van der Waals surface area contributed by atoms with E-state index in [4.69, 9.17) is 5.73 Å². The first-order valence-electron chi connectivity index (χ1n) is 5.25. The molecule has 0 unspecified atom stereocenters. The Morgan fingerprint density at radius 2 is 1.00 bits per heavy atom. The minimum atomic E-state index is 0.750. The second kappa shape index (κ2) is 122. The lowest BCUT2D eigenvalue weighted by Gasteiger charge is -1.76. The lowest BCUT2D eigenvalue weighted by Crippen LogP contribution is -2.01. The molecule has 4 heteroatoms. The monoisotopic (exact) mass is 210 g/mol. The maximum Gasteiger partial charge on any atom is -0.00804 e. The molecule has 0 bridgehead atoms. The molecule has 94 valence electrons. The van der Waals surface area contributed by atoms with Crippen LogP contribution in [0.25, 0.3) is 0 Å². The number of nitrogens with one attached hydrogen (secondary N) is 2. The summed E-state index contributed by atoms with van der Waals surface area (Å²) in [6.07, 6.45) is 0. The summed E-state index contributed by atoms with van der Waals surface area (Å²) in [4.78, 5) is 0. The normalized spacial score (nSPS) is 5.57. The molecule has 0 amide bonds. The minimum absolute atomic E-state index is 0.750. The quantitative estimate of drug-likeness (QED) is 0.512. The van der Waals surface area contributed by atoms with Crippen LogP contribution in [0.1, 0.15) is 27.7 Å². The molecule has 0 radical (unpaired) electrons. The molecule has 0 saturated heterocycles. The standard InChI is InChI=1S/C3H9N.2C2H7N.C2H6.CH5N/c1-3-4-2;1-3-2;1-2-3;2*1-2/h4H,3H2,1-2H3;3H,1-2H3;2-3H2,1H3;1-2H3;2H2,1H3. The molecule has 0 aliphatic carbocycles. The summed E-state index contributed by atoms with van der Waals surface area (Å²) in [6.45, 7) is 9.79. The topological polar surface area (TPSA) is 76.1 Å². The molecule has 0 fully saturated rings. The van der Waals surface area contributed by atoms with Crippen LogP contribution in [-0.2, 0) is 0 Å². The van der Waals surface area contributed by atoms with Gasteiger partial charge in [-0.2, -0.15) is 0 Å². The second-order valence-corrected chi connectivity index (χ2v) is 1.62. The van der Waals surface area contributed by atoms with Crippen molar-refractivity contribution in [3.05, 3.63) is 0 Å². The highest BCUT2D eigenvalue weighted by Gasteiger charge is 1.50. The van der Waals surface area contributed by atoms with Crippen LogP contribution in [0.2, 0.25) is 0 Å². The van der Waals surface area contributed by atoms with Crippen molar-refractivity contribution in [1.82, 2.24) is 10.6 Å². The Kier molecular flexibility index (Phi) is 255. The number of nitrogens with two attached hydrogens (primary N) is 2. The first kappa shape index (κ1) is 29.2. The van der Waals surface area contributed by atoms with Gasteiger partial charge in [0.2, 0.25) is 0 Å². The summed E-state index contributed by atoms with van der Waals surface area (Å²) in [7, 11) is 7.18. The van der Waals surface area contributed by atoms with Gasteiger partial charge in [-0.15, -0.1) is 0 Å². The van der Waals surface area contributed by atoms with Gasteiger partial charge in [0.1, 0.15) is 0 Å². The van der Waals surface area contributed by atoms with E-state index in [1.165, 1.54) is 7.05 Å². The van der Waals surface area contributed by atoms with E-state index < -0.39 is 0 Å². The SMILES string of the molecule is CC.CCN.CCNC.CN.CNC. The summed E-state index contributed by atoms with van der Waals surface area (Å²) >= 11 is 0. The van der Waals surface area contributed by atoms with E-state index in [0.717, 1.165) is 13.1 Å². The van der Waals surface area contributed by atoms with Crippen molar-refractivity contribution < 1.29 is 0 Å². The lowest BCUT2D eigenvalue weighted by molar-refractivity contribution is 0.864. The van der Waals surface area contributed by atoms with Gasteiger partial charge < -0.3 is 22.1 Å². The first-order chi connectivity index (χ1) is 6.74. The molecule has 0 heterocycles. The predicted octanol–water partition coefficient (Wildman–Crippen LogP) is 0.627. The summed E-state index contributed by atoms with van der Waals surface area (Å²) in [5.74, 6) is 0. The fourth-order valence-corrected chi connectivity index (χ4v) is 0. The van der Waals surface area contributed by atoms with Crippen molar-refractivity contribution in [1.29, 1.82) is 0 Å². The summed E-state index contributed by atoms with van der Waals surface area (Å²) < 4.78 is 0. The fraction of sp³-hybridized carbons (Fsp3) is 1.00. The van der Waals surface area contributed by atoms with Crippen LogP contribution in [0.3, 0.4) is 0 Å². The van der Waals surface area contributed by atoms with Gasteiger partial charge in [0, 0.05) is 0 Å². The molecule has 0 aromatic carbocycles. The van der Waals surface area contributed by atoms with Gasteiger partial charge in [0.25, 0.3) is 0 Å². The van der Waals surface area contributed by atoms with Gasteiger partial charge in [-0.25, -0.2) is 0 Å². The van der Waals surface area contributed by atoms with Gasteiger partial charge in [0.05, 0.1) is 0 Å². The van der Waals surface area contributed by atoms with Crippen LogP contribution in [0.4, 0.5) is 0 Å². The molecule has 0 atom stereocenters. The smallest absolute Gasteiger partial charge is 0.00804 e. The van der Waals surface area contributed by atoms with E-state index in [1.807, 2.05) is 41.9 Å². The van der Waals surface area contributed by atoms with Crippen LogP contribution in [0, 0.1) is 0 Å². The van der Waals surface area contributed by atoms with Crippen molar-refractivity contribution in [2.24, 2.45) is 11.5 Å². The second-order valence-electron chi connectivity index (χ2n) is 1.62. The molecule has 0 aromatic rings. The van der Waals surface area contributed by atoms with Crippen LogP contribution < -0.4 is 22.1 Å². The van der Waals surface area contributed by atoms with Crippen LogP contribution in [0.5, 0.6) is 0 Å². The van der Waals surface area contributed by atoms with Crippen molar-refractivity contribution in [2.45, 2.75) is 27.7 Å². The molecule has 0 aromatic heterocycles. The summed E-state index contributed by atoms with van der Waals surface area (Å²) in [5.41, 5.74) is 9.35. The highest BCUT2D eigenvalue weighted by atomic mass is 14.8. The van der Waals surface area contributed by atoms with Crippen molar-refractivity contribution >= 4 is 0 Å². The van der Waals surface area contributed by atoms with Gasteiger partial charge in [0.15, 0.2) is 0 Å². The maximum absolute atomic E-state index is 4.85. The zero-order valence-corrected chi connectivity index (χ0v) is 11.6. The van der Waals surface area contributed by atoms with Crippen molar-refractivity contribution in [3.63, 3.8) is 0 Å². The van der Waals surface area contributed by atoms with Gasteiger partial charge in [-0.1, -0.05) is 27.7 Å². The summed E-state index contributed by atoms with van der Waals surface area (Å²) in [5, 5.41) is 5.68. The number of hydrogen-bond acceptors (Lipinski definition) is 4. The third-order valence-electron chi connectivity index (χ3n) is 0.354. The van der Waals surface area contributed by atoms with Crippen LogP contribution >= 0.6 is 0 Å². The van der Waals surface area contributed by atoms with Gasteiger partial charge >= 0.3 is 0 Å². The Bertz CT molecular complexity index is 24.1. The lowest BCUT2D eigenvalue weighted by atomic mass is 10.8. The highest BCUT2D eigenvalue weighted by Crippen LogP contribution is 1.34. The van der Waals surface area contributed by atoms with E-state index in [9.17, 15) is 0 Å². The van der Waals surface area contributed by atoms with Crippen molar-refractivity contribution in [2.75, 3.05) is 41.3 Å². The molecular weight excluding hydrogens is 176 g/mol. The molecule has 0 aliphatic heterocycles. The molecule has 0 aliphatic rings. The zero-order valence-electron chi connectivity index (χ0n) is 11.6. The Hall–Kier alpha value is -0.160. The van der Waals surface area contributed by atoms with Gasteiger partial charge in [-0.3, -0.25) is 0 Å². The number of rotatable bonds is 1. The molecule has 14 heavy (non-hydrogen) atoms. The van der Waals surface area contributed by atoms with Gasteiger partial charge in [-0.05, 0) is 41.3 Å². The minimum Gasteiger partial charge on any atom is -0.333 e. The average Bonchev–Trinajstić information content (AvgIpc) is 2.26. The Labute approximate surface area is 91.8 Å². The molecule has 4 nitrogen and oxygen atoms in total. The van der Waals surface area contributed by atoms with E-state index in [0.29, 0.717) is 0 Å². The van der Waals surface area contributed by atoms with E-state index in [2.05, 4.69) is 23.3 Å². The fourth-order valence-electron chi connectivity index (χ4n) is 0. The van der Waals surface area contributed by atoms with E-state index >= 15 is 0 Å². The van der Waals surface area contributed by atoms with E-state index in [1.54, 1.807) is 0 Å². The van der Waals surface area contributed by atoms with Crippen LogP contribution in [-0.4, -0.2) is 41.3 Å². The Morgan fingerprint density at radius 1 is 0.929 bits per heavy atom. The highest BCUT2D eigenvalue weighted by molar-refractivity contribution is 4.15. The van der Waals surface area contributed by atoms with Crippen LogP contribution in [0.15, 0.2) is 0 Å². The third kappa shape index (κ3) is 1970. The van der Waals surface area contributed by atoms with Crippen molar-refractivity contribution in [3.8, 4) is 0 Å². The molecule has 0 saturated carbocycles. The summed E-state index contributed by atoms with van der Waals surface area (Å²) in [6, 6.07) is 0. The molecule has 0 rings (SSSR count). The Morgan fingerprint density at radius 3 is 1.00 bits per heavy atom. The molecular formula is C10H34N4. The molecule has 6 N–H and O–H groups in total.